The molecule has 0 heterocycles. The van der Waals surface area contributed by atoms with Gasteiger partial charge in [0.1, 0.15) is 31.1 Å². The Bertz CT molecular complexity index is 3440. The molecule has 0 aliphatic rings. The molecule has 7 rings (SSSR count). The van der Waals surface area contributed by atoms with Crippen LogP contribution < -0.4 is 15.2 Å². The zero-order valence-corrected chi connectivity index (χ0v) is 45.6. The number of nitrogen functional groups attached to an aromatic ring is 1. The van der Waals surface area contributed by atoms with Crippen LogP contribution in [0.2, 0.25) is 0 Å². The van der Waals surface area contributed by atoms with E-state index in [1.54, 1.807) is 60.7 Å². The summed E-state index contributed by atoms with van der Waals surface area (Å²) in [6, 6.07) is 37.7. The molecule has 0 atom stereocenters. The number of phenolic OH excluding ortho intramolecular Hbond substituents is 2. The number of halogens is 5. The monoisotopic (exact) mass is 1290 g/mol. The van der Waals surface area contributed by atoms with Crippen molar-refractivity contribution < 1.29 is 58.3 Å². The lowest BCUT2D eigenvalue weighted by molar-refractivity contribution is -0.386. The van der Waals surface area contributed by atoms with E-state index in [0.29, 0.717) is 13.4 Å². The largest absolute Gasteiger partial charge is 0.507 e. The number of nitrogens with zero attached hydrogens (tertiary/aromatic N) is 1. The van der Waals surface area contributed by atoms with Gasteiger partial charge in [0.15, 0.2) is 5.75 Å². The fraction of sp³-hybridized carbons (Fsp3) is 0.0455. The summed E-state index contributed by atoms with van der Waals surface area (Å²) in [6.45, 7) is 0. The Morgan fingerprint density at radius 2 is 0.913 bits per heavy atom. The highest BCUT2D eigenvalue weighted by atomic mass is 79.9. The Morgan fingerprint density at radius 1 is 0.522 bits per heavy atom. The molecule has 0 aliphatic heterocycles. The molecule has 69 heavy (non-hydrogen) atoms. The summed E-state index contributed by atoms with van der Waals surface area (Å²) in [7, 11) is -7.16. The summed E-state index contributed by atoms with van der Waals surface area (Å²) >= 11 is 12.6. The molecular formula is C44H35Br4ClN2O14S4. The third-order valence-electron chi connectivity index (χ3n) is 8.81. The van der Waals surface area contributed by atoms with Crippen molar-refractivity contribution in [1.82, 2.24) is 0 Å². The quantitative estimate of drug-likeness (QED) is 0.0497. The van der Waals surface area contributed by atoms with Gasteiger partial charge < -0.3 is 25.4 Å². The van der Waals surface area contributed by atoms with Crippen molar-refractivity contribution in [3.05, 3.63) is 180 Å². The number of aromatic hydroxyl groups is 2. The zero-order chi connectivity index (χ0) is 51.5. The molecule has 0 radical (unpaired) electrons. The third kappa shape index (κ3) is 14.5. The van der Waals surface area contributed by atoms with E-state index in [2.05, 4.69) is 63.7 Å². The lowest BCUT2D eigenvalue weighted by Gasteiger charge is -2.12. The first-order chi connectivity index (χ1) is 32.3. The van der Waals surface area contributed by atoms with Gasteiger partial charge in [0.25, 0.3) is 9.05 Å². The standard InChI is InChI=1S/C13H12BrNO3S.C12H8BrNO5S.C12H9BrO3S.C7H6BrClO3S/c1-18-13-11(15)7-9(14)8-12(13)19(16,17)10-5-3-2-4-6-10;13-8-6-10(14(16)17)12(15)11(7-8)20(18,19)9-4-2-1-3-5-9;13-9-6-7-11(14)12(8-9)17(15,16)10-4-2-1-3-5-10;1-12-6-3-2-5(8)4-7(6)13(9,10)11/h2-8H,15H2,1H3;1-7,15H;1-8,14H;2-4H,1H3. The van der Waals surface area contributed by atoms with E-state index in [9.17, 15) is 54.0 Å². The highest BCUT2D eigenvalue weighted by Gasteiger charge is 2.29. The Labute approximate surface area is 435 Å². The molecule has 0 saturated carbocycles. The van der Waals surface area contributed by atoms with Gasteiger partial charge in [0.2, 0.25) is 35.3 Å². The highest BCUT2D eigenvalue weighted by molar-refractivity contribution is 9.11. The first-order valence-electron chi connectivity index (χ1n) is 18.7. The molecule has 364 valence electrons. The number of ether oxygens (including phenoxy) is 2. The Hall–Kier alpha value is -5.05. The van der Waals surface area contributed by atoms with E-state index in [-0.39, 0.29) is 56.8 Å². The van der Waals surface area contributed by atoms with Crippen molar-refractivity contribution in [2.24, 2.45) is 0 Å². The Morgan fingerprint density at radius 3 is 1.35 bits per heavy atom. The molecule has 0 aliphatic carbocycles. The van der Waals surface area contributed by atoms with Gasteiger partial charge in [-0.05, 0) is 91.0 Å². The van der Waals surface area contributed by atoms with Crippen molar-refractivity contribution in [3.8, 4) is 23.0 Å². The van der Waals surface area contributed by atoms with Crippen LogP contribution in [0.25, 0.3) is 0 Å². The summed E-state index contributed by atoms with van der Waals surface area (Å²) in [6.07, 6.45) is 0. The van der Waals surface area contributed by atoms with Crippen LogP contribution in [0.4, 0.5) is 11.4 Å². The summed E-state index contributed by atoms with van der Waals surface area (Å²) in [5, 5.41) is 30.3. The average molecular weight is 1300 g/mol. The number of phenols is 2. The molecule has 0 aromatic heterocycles. The molecule has 0 bridgehead atoms. The first kappa shape index (κ1) is 56.5. The predicted octanol–water partition coefficient (Wildman–Crippen LogP) is 11.1. The van der Waals surface area contributed by atoms with Gasteiger partial charge in [-0.25, -0.2) is 33.7 Å². The second-order valence-electron chi connectivity index (χ2n) is 13.3. The zero-order valence-electron chi connectivity index (χ0n) is 35.3. The number of nitro benzene ring substituents is 1. The van der Waals surface area contributed by atoms with Crippen molar-refractivity contribution in [1.29, 1.82) is 0 Å². The minimum absolute atomic E-state index is 0.0361. The number of benzene rings is 7. The summed E-state index contributed by atoms with van der Waals surface area (Å²) in [4.78, 5) is 9.69. The lowest BCUT2D eigenvalue weighted by atomic mass is 10.3. The number of nitrogens with two attached hydrogens (primary N) is 1. The number of anilines is 1. The normalized spacial score (nSPS) is 11.3. The van der Waals surface area contributed by atoms with Gasteiger partial charge in [-0.1, -0.05) is 118 Å². The molecule has 0 unspecified atom stereocenters. The molecular weight excluding hydrogens is 1260 g/mol. The summed E-state index contributed by atoms with van der Waals surface area (Å²) in [5.41, 5.74) is 5.39. The van der Waals surface area contributed by atoms with E-state index in [0.717, 1.165) is 12.1 Å². The van der Waals surface area contributed by atoms with Gasteiger partial charge in [-0.15, -0.1) is 0 Å². The van der Waals surface area contributed by atoms with Crippen LogP contribution in [0.1, 0.15) is 0 Å². The van der Waals surface area contributed by atoms with Crippen molar-refractivity contribution in [2.75, 3.05) is 20.0 Å². The molecule has 0 spiro atoms. The maximum Gasteiger partial charge on any atom is 0.313 e. The van der Waals surface area contributed by atoms with E-state index in [1.807, 2.05) is 0 Å². The minimum Gasteiger partial charge on any atom is -0.507 e. The summed E-state index contributed by atoms with van der Waals surface area (Å²) in [5.74, 6) is -0.732. The van der Waals surface area contributed by atoms with Crippen LogP contribution in [-0.2, 0) is 38.6 Å². The molecule has 4 N–H and O–H groups in total. The van der Waals surface area contributed by atoms with E-state index >= 15 is 0 Å². The van der Waals surface area contributed by atoms with E-state index < -0.39 is 59.8 Å². The van der Waals surface area contributed by atoms with Crippen LogP contribution in [0, 0.1) is 10.1 Å². The predicted molar refractivity (Wildman–Crippen MR) is 273 cm³/mol. The van der Waals surface area contributed by atoms with Crippen LogP contribution in [0.5, 0.6) is 23.0 Å². The molecule has 7 aromatic carbocycles. The van der Waals surface area contributed by atoms with Crippen molar-refractivity contribution in [2.45, 2.75) is 34.3 Å². The third-order valence-corrected chi connectivity index (χ3v) is 17.4. The maximum atomic E-state index is 12.6. The van der Waals surface area contributed by atoms with Crippen molar-refractivity contribution >= 4 is 124 Å². The minimum atomic E-state index is -4.03. The fourth-order valence-corrected chi connectivity index (χ4v) is 13.2. The Balaban J connectivity index is 0.000000203. The van der Waals surface area contributed by atoms with Gasteiger partial charge in [-0.3, -0.25) is 10.1 Å². The number of hydrogen-bond acceptors (Lipinski definition) is 15. The number of hydrogen-bond donors (Lipinski definition) is 3. The molecule has 25 heteroatoms. The molecule has 0 amide bonds. The number of nitro groups is 1. The maximum absolute atomic E-state index is 12.6. The SMILES string of the molecule is COc1c(N)cc(Br)cc1S(=O)(=O)c1ccccc1.COc1ccc(Br)cc1S(=O)(=O)Cl.O=S(=O)(c1ccccc1)c1cc(Br)ccc1O.O=[N+]([O-])c1cc(Br)cc(S(=O)(=O)c2ccccc2)c1O. The summed E-state index contributed by atoms with van der Waals surface area (Å²) < 4.78 is 108. The fourth-order valence-electron chi connectivity index (χ4n) is 5.64. The molecule has 16 nitrogen and oxygen atoms in total. The van der Waals surface area contributed by atoms with Crippen LogP contribution in [0.3, 0.4) is 0 Å². The van der Waals surface area contributed by atoms with Gasteiger partial charge in [0, 0.05) is 34.6 Å². The smallest absolute Gasteiger partial charge is 0.313 e. The van der Waals surface area contributed by atoms with E-state index in [1.165, 1.54) is 93.1 Å². The number of sulfone groups is 3. The average Bonchev–Trinajstić information content (AvgIpc) is 3.31. The Kier molecular flexibility index (Phi) is 19.8. The number of rotatable bonds is 10. The molecule has 7 aromatic rings. The molecule has 0 saturated heterocycles. The second kappa shape index (κ2) is 24.2. The van der Waals surface area contributed by atoms with Gasteiger partial charge >= 0.3 is 5.69 Å². The van der Waals surface area contributed by atoms with E-state index in [4.69, 9.17) is 25.9 Å². The van der Waals surface area contributed by atoms with Gasteiger partial charge in [-0.2, -0.15) is 0 Å². The lowest BCUT2D eigenvalue weighted by Crippen LogP contribution is -2.06. The van der Waals surface area contributed by atoms with Crippen LogP contribution in [-0.4, -0.2) is 63.0 Å². The van der Waals surface area contributed by atoms with Gasteiger partial charge in [0.05, 0.1) is 39.5 Å². The van der Waals surface area contributed by atoms with Crippen molar-refractivity contribution in [3.63, 3.8) is 0 Å². The first-order valence-corrected chi connectivity index (χ1v) is 28.7. The highest BCUT2D eigenvalue weighted by Crippen LogP contribution is 2.39. The van der Waals surface area contributed by atoms with Crippen LogP contribution >= 0.6 is 74.4 Å². The second-order valence-corrected chi connectivity index (χ2v) is 25.3. The molecule has 0 fully saturated rings. The number of methoxy groups -OCH3 is 2. The topological polar surface area (TPSA) is 265 Å². The van der Waals surface area contributed by atoms with Crippen LogP contribution in [0.15, 0.2) is 204 Å².